The molecule has 4 amide bonds. The minimum absolute atomic E-state index is 0.0382. The molecule has 5 rings (SSSR count). The minimum atomic E-state index is -1.56. The molecule has 0 saturated carbocycles. The van der Waals surface area contributed by atoms with Gasteiger partial charge < -0.3 is 31.3 Å². The van der Waals surface area contributed by atoms with Gasteiger partial charge in [0.2, 0.25) is 5.60 Å². The smallest absolute Gasteiger partial charge is 0.352 e. The zero-order chi connectivity index (χ0) is 31.2. The molecule has 0 unspecified atom stereocenters. The molecule has 18 heteroatoms. The van der Waals surface area contributed by atoms with Gasteiger partial charge in [0.15, 0.2) is 16.7 Å². The number of hydrogen-bond acceptors (Lipinski definition) is 13. The van der Waals surface area contributed by atoms with Crippen molar-refractivity contribution in [3.8, 4) is 0 Å². The number of thiazole rings is 1. The number of aromatic nitrogens is 2. The van der Waals surface area contributed by atoms with Crippen LogP contribution in [0, 0.1) is 6.92 Å². The first-order valence-corrected chi connectivity index (χ1v) is 14.7. The third kappa shape index (κ3) is 5.57. The van der Waals surface area contributed by atoms with Crippen molar-refractivity contribution in [1.29, 1.82) is 0 Å². The van der Waals surface area contributed by atoms with Crippen LogP contribution in [0.15, 0.2) is 44.0 Å². The Labute approximate surface area is 251 Å². The largest absolute Gasteiger partial charge is 0.477 e. The third-order valence-corrected chi connectivity index (χ3v) is 8.77. The molecule has 0 aromatic carbocycles. The van der Waals surface area contributed by atoms with Crippen molar-refractivity contribution in [2.45, 2.75) is 44.2 Å². The van der Waals surface area contributed by atoms with E-state index in [4.69, 9.17) is 20.8 Å². The molecule has 2 aromatic rings. The van der Waals surface area contributed by atoms with Crippen molar-refractivity contribution in [3.05, 3.63) is 45.8 Å². The second kappa shape index (κ2) is 11.2. The molecule has 43 heavy (non-hydrogen) atoms. The van der Waals surface area contributed by atoms with Crippen LogP contribution in [-0.4, -0.2) is 84.8 Å². The summed E-state index contributed by atoms with van der Waals surface area (Å²) >= 11 is 2.25. The Morgan fingerprint density at radius 1 is 1.33 bits per heavy atom. The van der Waals surface area contributed by atoms with Crippen LogP contribution in [0.4, 0.5) is 10.9 Å². The van der Waals surface area contributed by atoms with Gasteiger partial charge >= 0.3 is 5.97 Å². The van der Waals surface area contributed by atoms with E-state index in [-0.39, 0.29) is 39.5 Å². The van der Waals surface area contributed by atoms with Crippen molar-refractivity contribution in [3.63, 3.8) is 0 Å². The van der Waals surface area contributed by atoms with Crippen LogP contribution >= 0.6 is 23.1 Å². The van der Waals surface area contributed by atoms with Crippen LogP contribution < -0.4 is 21.7 Å². The summed E-state index contributed by atoms with van der Waals surface area (Å²) < 4.78 is 5.05. The topological polar surface area (TPSA) is 237 Å². The molecular formula is C25H26N8O8S2. The number of hydrogen-bond donors (Lipinski definition) is 4. The fourth-order valence-corrected chi connectivity index (χ4v) is 6.28. The van der Waals surface area contributed by atoms with Crippen LogP contribution in [0.2, 0.25) is 0 Å². The first-order valence-electron chi connectivity index (χ1n) is 12.7. The number of primary amides is 1. The summed E-state index contributed by atoms with van der Waals surface area (Å²) in [5.41, 5.74) is 9.51. The van der Waals surface area contributed by atoms with Gasteiger partial charge in [-0.25, -0.2) is 9.78 Å². The van der Waals surface area contributed by atoms with Gasteiger partial charge in [-0.05, 0) is 38.8 Å². The van der Waals surface area contributed by atoms with Gasteiger partial charge in [-0.15, -0.1) is 23.1 Å². The monoisotopic (exact) mass is 630 g/mol. The maximum atomic E-state index is 13.3. The maximum absolute atomic E-state index is 13.3. The van der Waals surface area contributed by atoms with Crippen LogP contribution in [0.25, 0.3) is 0 Å². The van der Waals surface area contributed by atoms with Gasteiger partial charge in [0.25, 0.3) is 23.6 Å². The van der Waals surface area contributed by atoms with E-state index in [0.29, 0.717) is 30.1 Å². The highest BCUT2D eigenvalue weighted by Crippen LogP contribution is 2.41. The number of aliphatic carboxylic acids is 1. The Bertz CT molecular complexity index is 1640. The lowest BCUT2D eigenvalue weighted by atomic mass is 10.0. The molecule has 2 atom stereocenters. The average Bonchev–Trinajstić information content (AvgIpc) is 3.67. The second-order valence-corrected chi connectivity index (χ2v) is 12.2. The predicted octanol–water partition coefficient (Wildman–Crippen LogP) is 0.108. The van der Waals surface area contributed by atoms with E-state index < -0.39 is 40.7 Å². The average molecular weight is 631 g/mol. The first kappa shape index (κ1) is 29.8. The van der Waals surface area contributed by atoms with E-state index in [1.54, 1.807) is 13.0 Å². The molecule has 0 radical (unpaired) electrons. The van der Waals surface area contributed by atoms with Crippen LogP contribution in [-0.2, 0) is 28.8 Å². The third-order valence-electron chi connectivity index (χ3n) is 6.79. The number of β-lactam (4-membered cyclic amide) rings is 1. The quantitative estimate of drug-likeness (QED) is 0.125. The SMILES string of the molecule is Cc1cc(N2CCC(=CC3=C(C(=O)O)N4C(=O)[C@@H](NC(=O)/C(=N\OC(C)(C)C(N)=O)c5csc(N)n5)[C@H]4SC3)C2=O)no1. The summed E-state index contributed by atoms with van der Waals surface area (Å²) in [5, 5.41) is 21.1. The number of fused-ring (bicyclic) bond motifs is 1. The van der Waals surface area contributed by atoms with Crippen molar-refractivity contribution in [2.75, 3.05) is 22.9 Å². The number of anilines is 2. The predicted molar refractivity (Wildman–Crippen MR) is 153 cm³/mol. The standard InChI is InChI=1S/C25H26N8O8S2/c1-10-6-14(30-40-10)32-5-4-11(19(32)35)7-12-8-42-21-16(20(36)33(21)17(12)22(37)38)29-18(34)15(13-9-43-24(27)28-13)31-41-25(2,3)23(26)39/h6-7,9,16,21H,4-5,8H2,1-3H3,(H2,26,39)(H2,27,28)(H,29,34)(H,37,38)/b11-7?,31-15-/t16-,21-/m1/s1. The number of nitrogens with zero attached hydrogens (tertiary/aromatic N) is 5. The van der Waals surface area contributed by atoms with Gasteiger partial charge in [0.1, 0.15) is 28.6 Å². The number of rotatable bonds is 9. The lowest BCUT2D eigenvalue weighted by molar-refractivity contribution is -0.150. The number of carboxylic acids is 1. The molecule has 0 bridgehead atoms. The molecule has 3 aliphatic rings. The maximum Gasteiger partial charge on any atom is 0.352 e. The Morgan fingerprint density at radius 3 is 2.67 bits per heavy atom. The Kier molecular flexibility index (Phi) is 7.74. The molecule has 2 saturated heterocycles. The summed E-state index contributed by atoms with van der Waals surface area (Å²) in [7, 11) is 0. The van der Waals surface area contributed by atoms with Crippen molar-refractivity contribution in [1.82, 2.24) is 20.4 Å². The molecule has 226 valence electrons. The van der Waals surface area contributed by atoms with Crippen LogP contribution in [0.5, 0.6) is 0 Å². The number of carbonyl (C=O) groups excluding carboxylic acids is 4. The fraction of sp³-hybridized carbons (Fsp3) is 0.360. The summed E-state index contributed by atoms with van der Waals surface area (Å²) in [6.07, 6.45) is 1.84. The van der Waals surface area contributed by atoms with Gasteiger partial charge in [-0.2, -0.15) is 0 Å². The number of nitrogen functional groups attached to an aromatic ring is 1. The number of nitrogens with one attached hydrogen (secondary N) is 1. The summed E-state index contributed by atoms with van der Waals surface area (Å²) in [6.45, 7) is 4.75. The summed E-state index contributed by atoms with van der Waals surface area (Å²) in [4.78, 5) is 75.2. The minimum Gasteiger partial charge on any atom is -0.477 e. The van der Waals surface area contributed by atoms with Gasteiger partial charge in [0.05, 0.1) is 0 Å². The molecule has 2 fully saturated rings. The Balaban J connectivity index is 1.36. The number of allylic oxidation sites excluding steroid dienone is 1. The molecular weight excluding hydrogens is 604 g/mol. The van der Waals surface area contributed by atoms with Crippen LogP contribution in [0.3, 0.4) is 0 Å². The highest BCUT2D eigenvalue weighted by molar-refractivity contribution is 8.00. The van der Waals surface area contributed by atoms with Crippen molar-refractivity contribution >= 4 is 69.4 Å². The number of oxime groups is 1. The molecule has 6 N–H and O–H groups in total. The van der Waals surface area contributed by atoms with E-state index >= 15 is 0 Å². The molecule has 0 aliphatic carbocycles. The van der Waals surface area contributed by atoms with Gasteiger partial charge in [-0.1, -0.05) is 10.3 Å². The summed E-state index contributed by atoms with van der Waals surface area (Å²) in [5.74, 6) is -3.01. The zero-order valence-electron chi connectivity index (χ0n) is 23.0. The molecule has 5 heterocycles. The number of aryl methyl sites for hydroxylation is 1. The molecule has 2 aromatic heterocycles. The Morgan fingerprint density at radius 2 is 2.07 bits per heavy atom. The fourth-order valence-electron chi connectivity index (χ4n) is 4.43. The molecule has 3 aliphatic heterocycles. The number of thioether (sulfide) groups is 1. The number of carboxylic acid groups (broad SMARTS) is 1. The van der Waals surface area contributed by atoms with E-state index in [1.165, 1.54) is 42.0 Å². The zero-order valence-corrected chi connectivity index (χ0v) is 24.7. The highest BCUT2D eigenvalue weighted by Gasteiger charge is 2.54. The van der Waals surface area contributed by atoms with Crippen molar-refractivity contribution < 1.29 is 38.4 Å². The van der Waals surface area contributed by atoms with Gasteiger partial charge in [0, 0.05) is 29.3 Å². The van der Waals surface area contributed by atoms with E-state index in [2.05, 4.69) is 20.6 Å². The Hall–Kier alpha value is -4.71. The molecule has 0 spiro atoms. The summed E-state index contributed by atoms with van der Waals surface area (Å²) in [6, 6.07) is 0.520. The van der Waals surface area contributed by atoms with E-state index in [9.17, 15) is 29.1 Å². The van der Waals surface area contributed by atoms with E-state index in [1.807, 2.05) is 0 Å². The number of amides is 4. The molecule has 16 nitrogen and oxygen atoms in total. The normalized spacial score (nSPS) is 21.7. The second-order valence-electron chi connectivity index (χ2n) is 10.2. The highest BCUT2D eigenvalue weighted by atomic mass is 32.2. The van der Waals surface area contributed by atoms with Crippen LogP contribution in [0.1, 0.15) is 31.7 Å². The lowest BCUT2D eigenvalue weighted by Gasteiger charge is -2.49. The number of carbonyl (C=O) groups is 5. The van der Waals surface area contributed by atoms with Crippen molar-refractivity contribution in [2.24, 2.45) is 10.9 Å². The first-order chi connectivity index (χ1) is 20.3. The van der Waals surface area contributed by atoms with E-state index in [0.717, 1.165) is 16.2 Å². The van der Waals surface area contributed by atoms with Gasteiger partial charge in [-0.3, -0.25) is 29.0 Å². The lowest BCUT2D eigenvalue weighted by Crippen LogP contribution is -2.71. The number of nitrogens with two attached hydrogens (primary N) is 2.